The molecule has 0 saturated carbocycles. The number of hydrogen-bond donors (Lipinski definition) is 3. The van der Waals surface area contributed by atoms with Crippen LogP contribution < -0.4 is 5.32 Å². The summed E-state index contributed by atoms with van der Waals surface area (Å²) in [6.07, 6.45) is 1.06. The molecule has 2 aliphatic rings. The van der Waals surface area contributed by atoms with Crippen molar-refractivity contribution >= 4 is 30.1 Å². The molecule has 41 heavy (non-hydrogen) atoms. The van der Waals surface area contributed by atoms with Gasteiger partial charge >= 0.3 is 13.2 Å². The van der Waals surface area contributed by atoms with Gasteiger partial charge in [0.05, 0.1) is 38.0 Å². The van der Waals surface area contributed by atoms with E-state index in [-0.39, 0.29) is 12.0 Å². The predicted molar refractivity (Wildman–Crippen MR) is 144 cm³/mol. The summed E-state index contributed by atoms with van der Waals surface area (Å²) in [5.41, 5.74) is 0.202. The van der Waals surface area contributed by atoms with Crippen molar-refractivity contribution in [3.05, 3.63) is 47.7 Å². The lowest BCUT2D eigenvalue weighted by Gasteiger charge is -2.39. The smallest absolute Gasteiger partial charge is 0.464 e. The van der Waals surface area contributed by atoms with E-state index in [1.165, 1.54) is 12.3 Å². The van der Waals surface area contributed by atoms with E-state index in [2.05, 4.69) is 5.32 Å². The van der Waals surface area contributed by atoms with Gasteiger partial charge in [0.25, 0.3) is 11.8 Å². The number of fused-ring (bicyclic) bond motifs is 1. The van der Waals surface area contributed by atoms with Crippen LogP contribution in [0.15, 0.2) is 46.6 Å². The van der Waals surface area contributed by atoms with Gasteiger partial charge in [-0.2, -0.15) is 5.26 Å². The number of rotatable bonds is 9. The van der Waals surface area contributed by atoms with E-state index in [1.54, 1.807) is 24.3 Å². The zero-order valence-corrected chi connectivity index (χ0v) is 22.9. The number of benzene rings is 1. The first kappa shape index (κ1) is 30.5. The molecule has 2 aromatic rings. The Bertz CT molecular complexity index is 1320. The lowest BCUT2D eigenvalue weighted by molar-refractivity contribution is -0.129. The number of ether oxygens (including phenoxy) is 2. The number of nitriles is 1. The highest BCUT2D eigenvalue weighted by Gasteiger charge is 2.48. The molecule has 3 N–H and O–H groups in total. The predicted octanol–water partition coefficient (Wildman–Crippen LogP) is 1.88. The number of nitrogens with one attached hydrogen (secondary N) is 1. The Morgan fingerprint density at radius 3 is 2.71 bits per heavy atom. The molecule has 0 bridgehead atoms. The first-order valence-electron chi connectivity index (χ1n) is 13.3. The Labute approximate surface area is 236 Å². The second-order valence-corrected chi connectivity index (χ2v) is 10.8. The van der Waals surface area contributed by atoms with E-state index in [0.717, 1.165) is 10.3 Å². The van der Waals surface area contributed by atoms with Crippen molar-refractivity contribution in [1.82, 2.24) is 15.1 Å². The highest BCUT2D eigenvalue weighted by atomic mass is 19.3. The Morgan fingerprint density at radius 2 is 2.02 bits per heavy atom. The topological polar surface area (TPSA) is 148 Å². The first-order valence-corrected chi connectivity index (χ1v) is 13.3. The van der Waals surface area contributed by atoms with Crippen LogP contribution in [0.4, 0.5) is 13.6 Å². The number of alkyl carbamates (subject to hydrolysis) is 1. The summed E-state index contributed by atoms with van der Waals surface area (Å²) in [5, 5.41) is 32.4. The molecule has 0 unspecified atom stereocenters. The molecule has 14 heteroatoms. The Morgan fingerprint density at radius 1 is 1.32 bits per heavy atom. The fraction of sp³-hybridized carbons (Fsp3) is 0.519. The molecule has 0 spiro atoms. The number of furan rings is 1. The molecule has 2 fully saturated rings. The largest absolute Gasteiger partial charge is 0.475 e. The molecule has 2 aliphatic heterocycles. The number of hydrogen-bond acceptors (Lipinski definition) is 9. The van der Waals surface area contributed by atoms with Gasteiger partial charge in [-0.3, -0.25) is 9.69 Å². The van der Waals surface area contributed by atoms with Crippen LogP contribution in [0.25, 0.3) is 11.0 Å². The number of alkyl halides is 2. The average molecular weight is 574 g/mol. The highest BCUT2D eigenvalue weighted by Crippen LogP contribution is 2.33. The molecule has 0 radical (unpaired) electrons. The van der Waals surface area contributed by atoms with Crippen LogP contribution in [0, 0.1) is 11.3 Å². The third-order valence-corrected chi connectivity index (χ3v) is 7.38. The van der Waals surface area contributed by atoms with Crippen molar-refractivity contribution in [3.63, 3.8) is 0 Å². The molecule has 3 heterocycles. The van der Waals surface area contributed by atoms with E-state index >= 15 is 0 Å². The molecule has 1 aromatic heterocycles. The molecule has 220 valence electrons. The van der Waals surface area contributed by atoms with Crippen molar-refractivity contribution in [1.29, 1.82) is 5.26 Å². The number of likely N-dealkylation sites (tertiary alicyclic amines) is 1. The van der Waals surface area contributed by atoms with E-state index in [4.69, 9.17) is 13.9 Å². The molecular formula is C27H33BF2N4O7. The van der Waals surface area contributed by atoms with Crippen molar-refractivity contribution in [2.24, 2.45) is 0 Å². The van der Waals surface area contributed by atoms with Crippen molar-refractivity contribution in [2.75, 3.05) is 39.5 Å². The summed E-state index contributed by atoms with van der Waals surface area (Å²) in [5.74, 6) is -5.32. The zero-order valence-electron chi connectivity index (χ0n) is 22.9. The van der Waals surface area contributed by atoms with Gasteiger partial charge < -0.3 is 34.2 Å². The number of morpholine rings is 1. The fourth-order valence-electron chi connectivity index (χ4n) is 5.19. The van der Waals surface area contributed by atoms with Gasteiger partial charge in [-0.05, 0) is 38.0 Å². The van der Waals surface area contributed by atoms with E-state index in [1.807, 2.05) is 24.8 Å². The molecule has 2 atom stereocenters. The van der Waals surface area contributed by atoms with Crippen LogP contribution in [0.2, 0.25) is 0 Å². The maximum atomic E-state index is 14.4. The number of amides is 2. The summed E-state index contributed by atoms with van der Waals surface area (Å²) in [7, 11) is -1.96. The maximum Gasteiger partial charge on any atom is 0.475 e. The summed E-state index contributed by atoms with van der Waals surface area (Å²) in [6, 6.07) is 7.74. The minimum atomic E-state index is -3.24. The monoisotopic (exact) mass is 574 g/mol. The Kier molecular flexibility index (Phi) is 9.33. The number of carbonyl (C=O) groups is 2. The SMILES string of the molecule is CC(C)(C=C(C#N)C(=O)N1CC(F)(F)C[C@@H]1COC(=O)N[C@@H](Cc1coc2ccccc12)B(O)O)N1CCOCC1. The molecule has 2 saturated heterocycles. The lowest BCUT2D eigenvalue weighted by Crippen LogP contribution is -2.49. The quantitative estimate of drug-likeness (QED) is 0.232. The zero-order chi connectivity index (χ0) is 29.8. The van der Waals surface area contributed by atoms with Crippen LogP contribution in [0.3, 0.4) is 0 Å². The number of nitrogens with zero attached hydrogens (tertiary/aromatic N) is 3. The van der Waals surface area contributed by atoms with Gasteiger partial charge in [0.15, 0.2) is 0 Å². The minimum Gasteiger partial charge on any atom is -0.464 e. The van der Waals surface area contributed by atoms with Crippen LogP contribution in [-0.4, -0.2) is 102 Å². The van der Waals surface area contributed by atoms with Gasteiger partial charge in [0.1, 0.15) is 23.8 Å². The van der Waals surface area contributed by atoms with Gasteiger partial charge in [-0.25, -0.2) is 13.6 Å². The molecule has 1 aromatic carbocycles. The van der Waals surface area contributed by atoms with Crippen LogP contribution in [0.5, 0.6) is 0 Å². The number of halogens is 2. The summed E-state index contributed by atoms with van der Waals surface area (Å²) < 4.78 is 44.8. The molecule has 4 rings (SSSR count). The second kappa shape index (κ2) is 12.6. The van der Waals surface area contributed by atoms with Crippen LogP contribution >= 0.6 is 0 Å². The Balaban J connectivity index is 1.41. The van der Waals surface area contributed by atoms with E-state index < -0.39 is 62.1 Å². The number of carbonyl (C=O) groups excluding carboxylic acids is 2. The van der Waals surface area contributed by atoms with Crippen LogP contribution in [-0.2, 0) is 20.7 Å². The molecular weight excluding hydrogens is 541 g/mol. The van der Waals surface area contributed by atoms with Gasteiger partial charge in [-0.1, -0.05) is 18.2 Å². The van der Waals surface area contributed by atoms with Crippen LogP contribution in [0.1, 0.15) is 25.8 Å². The van der Waals surface area contributed by atoms with E-state index in [9.17, 15) is 33.7 Å². The first-order chi connectivity index (χ1) is 19.4. The normalized spacial score (nSPS) is 20.5. The van der Waals surface area contributed by atoms with Crippen molar-refractivity contribution < 1.29 is 42.3 Å². The standard InChI is InChI=1S/C27H33BF2N4O7/c1-26(2,33-7-9-39-10-8-33)12-19(14-31)24(35)34-17-27(29,30)13-20(34)16-41-25(36)32-23(28(37)38)11-18-15-40-22-6-4-3-5-21(18)22/h3-6,12,15,20,23,37-38H,7-11,13,16-17H2,1-2H3,(H,32,36)/t20-,23+/m1/s1. The highest BCUT2D eigenvalue weighted by molar-refractivity contribution is 6.43. The average Bonchev–Trinajstić information content (AvgIpc) is 3.49. The second-order valence-electron chi connectivity index (χ2n) is 10.8. The van der Waals surface area contributed by atoms with Gasteiger partial charge in [0, 0.05) is 30.4 Å². The molecule has 11 nitrogen and oxygen atoms in total. The summed E-state index contributed by atoms with van der Waals surface area (Å²) in [6.45, 7) is 4.31. The van der Waals surface area contributed by atoms with Gasteiger partial charge in [-0.15, -0.1) is 0 Å². The maximum absolute atomic E-state index is 14.4. The van der Waals surface area contributed by atoms with Crippen molar-refractivity contribution in [2.45, 2.75) is 50.1 Å². The number of para-hydroxylation sites is 1. The fourth-order valence-corrected chi connectivity index (χ4v) is 5.19. The molecule has 2 amide bonds. The van der Waals surface area contributed by atoms with E-state index in [0.29, 0.717) is 37.4 Å². The summed E-state index contributed by atoms with van der Waals surface area (Å²) in [4.78, 5) is 28.7. The Hall–Kier alpha value is -3.51. The minimum absolute atomic E-state index is 0.00879. The third-order valence-electron chi connectivity index (χ3n) is 7.38. The van der Waals surface area contributed by atoms with Gasteiger partial charge in [0.2, 0.25) is 0 Å². The third kappa shape index (κ3) is 7.42. The lowest BCUT2D eigenvalue weighted by atomic mass is 9.76. The summed E-state index contributed by atoms with van der Waals surface area (Å²) >= 11 is 0. The van der Waals surface area contributed by atoms with Crippen molar-refractivity contribution in [3.8, 4) is 6.07 Å². The molecule has 0 aliphatic carbocycles.